The monoisotopic (exact) mass is 536 g/mol. The summed E-state index contributed by atoms with van der Waals surface area (Å²) in [6.07, 6.45) is 1.24. The Balaban J connectivity index is 1.77. The molecule has 4 rings (SSSR count). The Hall–Kier alpha value is -3.56. The van der Waals surface area contributed by atoms with Crippen molar-refractivity contribution in [2.24, 2.45) is 5.73 Å². The average molecular weight is 537 g/mol. The lowest BCUT2D eigenvalue weighted by molar-refractivity contribution is -0.788. The number of imide groups is 1. The van der Waals surface area contributed by atoms with E-state index in [9.17, 15) is 24.6 Å². The molecule has 0 aromatic heterocycles. The Morgan fingerprint density at radius 1 is 1.03 bits per heavy atom. The average Bonchev–Trinajstić information content (AvgIpc) is 3.33. The van der Waals surface area contributed by atoms with Crippen molar-refractivity contribution in [1.29, 1.82) is 0 Å². The maximum atomic E-state index is 14.6. The molecule has 0 radical (unpaired) electrons. The minimum atomic E-state index is -2.20. The van der Waals surface area contributed by atoms with Crippen molar-refractivity contribution in [3.8, 4) is 0 Å². The fraction of sp³-hybridized carbons (Fsp3) is 0.276. The van der Waals surface area contributed by atoms with Crippen LogP contribution in [0.1, 0.15) is 52.4 Å². The summed E-state index contributed by atoms with van der Waals surface area (Å²) in [5, 5.41) is 25.0. The van der Waals surface area contributed by atoms with Gasteiger partial charge in [-0.2, -0.15) is 4.48 Å². The van der Waals surface area contributed by atoms with Gasteiger partial charge in [-0.25, -0.2) is 14.4 Å². The van der Waals surface area contributed by atoms with Gasteiger partial charge in [0.05, 0.1) is 12.1 Å². The van der Waals surface area contributed by atoms with E-state index in [2.05, 4.69) is 5.32 Å². The number of nitrogens with two attached hydrogens (primary N) is 1. The topological polar surface area (TPSA) is 130 Å². The molecule has 3 aromatic rings. The van der Waals surface area contributed by atoms with Gasteiger partial charge >= 0.3 is 17.9 Å². The highest BCUT2D eigenvalue weighted by molar-refractivity contribution is 6.30. The number of halogens is 1. The van der Waals surface area contributed by atoms with Crippen molar-refractivity contribution in [2.75, 3.05) is 6.54 Å². The molecule has 5 N–H and O–H groups in total. The molecule has 38 heavy (non-hydrogen) atoms. The second kappa shape index (κ2) is 11.0. The number of amides is 3. The van der Waals surface area contributed by atoms with E-state index < -0.39 is 34.0 Å². The lowest BCUT2D eigenvalue weighted by Gasteiger charge is -2.39. The second-order valence-electron chi connectivity index (χ2n) is 9.62. The minimum Gasteiger partial charge on any atom is -0.478 e. The van der Waals surface area contributed by atoms with E-state index in [1.807, 2.05) is 6.92 Å². The van der Waals surface area contributed by atoms with Crippen LogP contribution in [0, 0.1) is 0 Å². The van der Waals surface area contributed by atoms with Gasteiger partial charge in [-0.3, -0.25) is 0 Å². The third-order valence-corrected chi connectivity index (χ3v) is 7.71. The SMILES string of the molecule is C[C@@H]1CCC[N+]1(C(=O)NCc1cc(Cl)ccc1CN)C(=O)C(O)(c1ccccc1)c1ccc(C(=O)O)cc1. The number of rotatable bonds is 7. The van der Waals surface area contributed by atoms with Gasteiger partial charge in [0.2, 0.25) is 5.60 Å². The largest absolute Gasteiger partial charge is 0.478 e. The number of carbonyl (C=O) groups is 3. The zero-order valence-corrected chi connectivity index (χ0v) is 21.8. The van der Waals surface area contributed by atoms with Gasteiger partial charge in [0.1, 0.15) is 6.04 Å². The van der Waals surface area contributed by atoms with Crippen molar-refractivity contribution in [1.82, 2.24) is 5.32 Å². The molecule has 1 fully saturated rings. The van der Waals surface area contributed by atoms with E-state index >= 15 is 0 Å². The highest BCUT2D eigenvalue weighted by Crippen LogP contribution is 2.39. The van der Waals surface area contributed by atoms with Gasteiger partial charge in [0.25, 0.3) is 0 Å². The number of quaternary nitrogens is 1. The van der Waals surface area contributed by atoms with Crippen LogP contribution in [0.25, 0.3) is 0 Å². The van der Waals surface area contributed by atoms with E-state index in [0.717, 1.165) is 11.1 Å². The molecule has 0 aliphatic carbocycles. The van der Waals surface area contributed by atoms with Crippen LogP contribution in [0.2, 0.25) is 5.02 Å². The number of likely N-dealkylation sites (tertiary alicyclic amines) is 1. The third kappa shape index (κ3) is 4.83. The van der Waals surface area contributed by atoms with Gasteiger partial charge in [0.15, 0.2) is 0 Å². The molecule has 9 heteroatoms. The molecule has 0 saturated carbocycles. The van der Waals surface area contributed by atoms with E-state index in [1.165, 1.54) is 24.3 Å². The Morgan fingerprint density at radius 2 is 1.68 bits per heavy atom. The summed E-state index contributed by atoms with van der Waals surface area (Å²) < 4.78 is -0.607. The summed E-state index contributed by atoms with van der Waals surface area (Å²) in [5.74, 6) is -1.82. The zero-order chi connectivity index (χ0) is 27.5. The predicted octanol–water partition coefficient (Wildman–Crippen LogP) is 4.17. The molecule has 1 saturated heterocycles. The first-order valence-electron chi connectivity index (χ1n) is 12.4. The minimum absolute atomic E-state index is 0.0185. The normalized spacial score (nSPS) is 20.5. The van der Waals surface area contributed by atoms with Crippen molar-refractivity contribution in [3.63, 3.8) is 0 Å². The number of nitrogens with one attached hydrogen (secondary N) is 1. The summed E-state index contributed by atoms with van der Waals surface area (Å²) >= 11 is 6.16. The molecular formula is C29H31ClN3O5+. The van der Waals surface area contributed by atoms with Crippen molar-refractivity contribution in [3.05, 3.63) is 106 Å². The fourth-order valence-electron chi connectivity index (χ4n) is 5.28. The zero-order valence-electron chi connectivity index (χ0n) is 21.1. The van der Waals surface area contributed by atoms with Crippen LogP contribution in [0.5, 0.6) is 0 Å². The number of hydrogen-bond donors (Lipinski definition) is 4. The van der Waals surface area contributed by atoms with E-state index in [-0.39, 0.29) is 36.3 Å². The number of benzene rings is 3. The van der Waals surface area contributed by atoms with Crippen LogP contribution in [0.4, 0.5) is 4.79 Å². The summed E-state index contributed by atoms with van der Waals surface area (Å²) in [6, 6.07) is 18.2. The van der Waals surface area contributed by atoms with Crippen LogP contribution in [-0.4, -0.2) is 45.2 Å². The molecule has 0 spiro atoms. The molecule has 1 aliphatic heterocycles. The number of carbonyl (C=O) groups excluding carboxylic acids is 2. The number of urea groups is 1. The molecule has 3 amide bonds. The Bertz CT molecular complexity index is 1350. The van der Waals surface area contributed by atoms with E-state index in [4.69, 9.17) is 17.3 Å². The maximum Gasteiger partial charge on any atom is 0.424 e. The first-order valence-corrected chi connectivity index (χ1v) is 12.8. The molecule has 198 valence electrons. The Morgan fingerprint density at radius 3 is 2.26 bits per heavy atom. The van der Waals surface area contributed by atoms with Gasteiger partial charge in [-0.1, -0.05) is 60.1 Å². The van der Waals surface area contributed by atoms with E-state index in [1.54, 1.807) is 48.5 Å². The number of hydrogen-bond acceptors (Lipinski definition) is 5. The van der Waals surface area contributed by atoms with Crippen LogP contribution < -0.4 is 11.1 Å². The van der Waals surface area contributed by atoms with Gasteiger partial charge in [-0.05, 0) is 42.3 Å². The fourth-order valence-corrected chi connectivity index (χ4v) is 5.47. The first kappa shape index (κ1) is 27.5. The molecule has 3 atom stereocenters. The smallest absolute Gasteiger partial charge is 0.424 e. The van der Waals surface area contributed by atoms with Crippen LogP contribution in [0.3, 0.4) is 0 Å². The molecule has 1 aliphatic rings. The number of aromatic carboxylic acids is 1. The standard InChI is InChI=1S/C29H30ClN3O5/c1-19-6-5-15-33(19,28(37)32-18-22-16-25(30)14-11-21(22)17-31)27(36)29(38,23-7-3-2-4-8-23)24-12-9-20(10-13-24)26(34)35/h2-4,7-14,16,19,38H,5-6,15,17-18,31H2,1H3,(H-,32,34,35,37)/p+1/t19-,29?,33?/m1/s1. The van der Waals surface area contributed by atoms with Crippen LogP contribution in [0.15, 0.2) is 72.8 Å². The molecule has 1 heterocycles. The van der Waals surface area contributed by atoms with Crippen LogP contribution >= 0.6 is 11.6 Å². The summed E-state index contributed by atoms with van der Waals surface area (Å²) in [7, 11) is 0. The Kier molecular flexibility index (Phi) is 7.99. The van der Waals surface area contributed by atoms with E-state index in [0.29, 0.717) is 17.9 Å². The number of carboxylic acid groups (broad SMARTS) is 1. The maximum absolute atomic E-state index is 14.6. The Labute approximate surface area is 226 Å². The highest BCUT2D eigenvalue weighted by Gasteiger charge is 2.61. The van der Waals surface area contributed by atoms with Crippen LogP contribution in [-0.2, 0) is 23.5 Å². The highest BCUT2D eigenvalue weighted by atomic mass is 35.5. The van der Waals surface area contributed by atoms with Crippen molar-refractivity contribution < 1.29 is 29.1 Å². The van der Waals surface area contributed by atoms with Gasteiger partial charge < -0.3 is 21.3 Å². The molecule has 3 aromatic carbocycles. The third-order valence-electron chi connectivity index (χ3n) is 7.48. The van der Waals surface area contributed by atoms with Gasteiger partial charge in [0, 0.05) is 42.1 Å². The van der Waals surface area contributed by atoms with Crippen molar-refractivity contribution >= 4 is 29.5 Å². The molecular weight excluding hydrogens is 506 g/mol. The quantitative estimate of drug-likeness (QED) is 0.335. The predicted molar refractivity (Wildman–Crippen MR) is 143 cm³/mol. The first-order chi connectivity index (χ1) is 18.1. The number of carboxylic acids is 1. The summed E-state index contributed by atoms with van der Waals surface area (Å²) in [5.41, 5.74) is 5.71. The summed E-state index contributed by atoms with van der Waals surface area (Å²) in [4.78, 5) is 39.9. The molecule has 0 bridgehead atoms. The second-order valence-corrected chi connectivity index (χ2v) is 10.1. The lowest BCUT2D eigenvalue weighted by atomic mass is 9.83. The summed E-state index contributed by atoms with van der Waals surface area (Å²) in [6.45, 7) is 2.42. The molecule has 8 nitrogen and oxygen atoms in total. The lowest BCUT2D eigenvalue weighted by Crippen LogP contribution is -2.67. The van der Waals surface area contributed by atoms with Gasteiger partial charge in [-0.15, -0.1) is 0 Å². The molecule has 2 unspecified atom stereocenters. The van der Waals surface area contributed by atoms with Crippen molar-refractivity contribution in [2.45, 2.75) is 44.5 Å². The number of nitrogens with zero attached hydrogens (tertiary/aromatic N) is 1. The number of aliphatic hydroxyl groups is 1.